The minimum Gasteiger partial charge on any atom is -0.335 e. The van der Waals surface area contributed by atoms with Gasteiger partial charge in [-0.15, -0.1) is 0 Å². The molecule has 0 atom stereocenters. The van der Waals surface area contributed by atoms with Gasteiger partial charge in [0.25, 0.3) is 5.91 Å². The Hall–Kier alpha value is -1.91. The third-order valence-electron chi connectivity index (χ3n) is 3.86. The zero-order chi connectivity index (χ0) is 15.4. The average Bonchev–Trinajstić information content (AvgIpc) is 2.58. The molecule has 3 rings (SSSR count). The molecule has 22 heavy (non-hydrogen) atoms. The Labute approximate surface area is 135 Å². The second-order valence-electron chi connectivity index (χ2n) is 5.41. The van der Waals surface area contributed by atoms with Crippen LogP contribution in [-0.4, -0.2) is 46.9 Å². The summed E-state index contributed by atoms with van der Waals surface area (Å²) >= 11 is 5.90. The van der Waals surface area contributed by atoms with E-state index >= 15 is 0 Å². The van der Waals surface area contributed by atoms with E-state index in [4.69, 9.17) is 11.6 Å². The number of halogens is 1. The SMILES string of the molecule is O=C(c1ccccn1)N1CCN(Cc2ccc(Cl)cc2)CC1. The van der Waals surface area contributed by atoms with Crippen LogP contribution in [0.2, 0.25) is 5.02 Å². The van der Waals surface area contributed by atoms with Crippen molar-refractivity contribution in [1.82, 2.24) is 14.8 Å². The third kappa shape index (κ3) is 3.64. The molecule has 114 valence electrons. The Balaban J connectivity index is 1.54. The molecule has 0 radical (unpaired) electrons. The molecule has 1 saturated heterocycles. The summed E-state index contributed by atoms with van der Waals surface area (Å²) in [7, 11) is 0. The average molecular weight is 316 g/mol. The van der Waals surface area contributed by atoms with Crippen LogP contribution in [0.3, 0.4) is 0 Å². The van der Waals surface area contributed by atoms with Gasteiger partial charge >= 0.3 is 0 Å². The summed E-state index contributed by atoms with van der Waals surface area (Å²) in [4.78, 5) is 20.7. The summed E-state index contributed by atoms with van der Waals surface area (Å²) in [5, 5.41) is 0.759. The van der Waals surface area contributed by atoms with E-state index in [-0.39, 0.29) is 5.91 Å². The summed E-state index contributed by atoms with van der Waals surface area (Å²) in [5.41, 5.74) is 1.77. The number of amides is 1. The number of carbonyl (C=O) groups excluding carboxylic acids is 1. The van der Waals surface area contributed by atoms with Crippen LogP contribution < -0.4 is 0 Å². The second kappa shape index (κ2) is 6.90. The Morgan fingerprint density at radius 1 is 1.05 bits per heavy atom. The zero-order valence-electron chi connectivity index (χ0n) is 12.3. The number of piperazine rings is 1. The van der Waals surface area contributed by atoms with Crippen LogP contribution in [0.25, 0.3) is 0 Å². The number of rotatable bonds is 3. The molecule has 2 aromatic rings. The van der Waals surface area contributed by atoms with Crippen LogP contribution in [0.1, 0.15) is 16.1 Å². The van der Waals surface area contributed by atoms with E-state index in [1.54, 1.807) is 12.3 Å². The summed E-state index contributed by atoms with van der Waals surface area (Å²) < 4.78 is 0. The highest BCUT2D eigenvalue weighted by atomic mass is 35.5. The Kier molecular flexibility index (Phi) is 4.71. The van der Waals surface area contributed by atoms with Gasteiger partial charge in [0.2, 0.25) is 0 Å². The molecule has 1 fully saturated rings. The van der Waals surface area contributed by atoms with Crippen molar-refractivity contribution >= 4 is 17.5 Å². The molecule has 2 heterocycles. The van der Waals surface area contributed by atoms with Gasteiger partial charge in [-0.1, -0.05) is 29.8 Å². The molecule has 1 aliphatic rings. The largest absolute Gasteiger partial charge is 0.335 e. The highest BCUT2D eigenvalue weighted by molar-refractivity contribution is 6.30. The lowest BCUT2D eigenvalue weighted by atomic mass is 10.2. The van der Waals surface area contributed by atoms with Gasteiger partial charge in [-0.25, -0.2) is 0 Å². The molecule has 1 aromatic heterocycles. The molecule has 5 heteroatoms. The van der Waals surface area contributed by atoms with Crippen molar-refractivity contribution in [3.8, 4) is 0 Å². The molecule has 4 nitrogen and oxygen atoms in total. The predicted octanol–water partition coefficient (Wildman–Crippen LogP) is 2.69. The minimum absolute atomic E-state index is 0.0201. The van der Waals surface area contributed by atoms with Crippen molar-refractivity contribution in [2.24, 2.45) is 0 Å². The standard InChI is InChI=1S/C17H18ClN3O/c18-15-6-4-14(5-7-15)13-20-9-11-21(12-10-20)17(22)16-3-1-2-8-19-16/h1-8H,9-13H2. The van der Waals surface area contributed by atoms with Crippen LogP contribution in [0.15, 0.2) is 48.7 Å². The van der Waals surface area contributed by atoms with Crippen LogP contribution >= 0.6 is 11.6 Å². The van der Waals surface area contributed by atoms with E-state index in [0.717, 1.165) is 37.7 Å². The first-order chi connectivity index (χ1) is 10.7. The number of benzene rings is 1. The molecular formula is C17H18ClN3O. The van der Waals surface area contributed by atoms with E-state index in [0.29, 0.717) is 5.69 Å². The van der Waals surface area contributed by atoms with E-state index in [1.165, 1.54) is 5.56 Å². The van der Waals surface area contributed by atoms with Crippen LogP contribution in [0, 0.1) is 0 Å². The first-order valence-corrected chi connectivity index (χ1v) is 7.77. The maximum absolute atomic E-state index is 12.3. The molecule has 0 saturated carbocycles. The molecule has 1 aliphatic heterocycles. The smallest absolute Gasteiger partial charge is 0.272 e. The fraction of sp³-hybridized carbons (Fsp3) is 0.294. The highest BCUT2D eigenvalue weighted by Crippen LogP contribution is 2.13. The predicted molar refractivity (Wildman–Crippen MR) is 86.9 cm³/mol. The molecule has 1 aromatic carbocycles. The van der Waals surface area contributed by atoms with Gasteiger partial charge in [0.15, 0.2) is 0 Å². The first kappa shape index (κ1) is 15.0. The van der Waals surface area contributed by atoms with Crippen molar-refractivity contribution in [2.75, 3.05) is 26.2 Å². The normalized spacial score (nSPS) is 15.8. The molecule has 0 spiro atoms. The van der Waals surface area contributed by atoms with Crippen molar-refractivity contribution < 1.29 is 4.79 Å². The topological polar surface area (TPSA) is 36.4 Å². The van der Waals surface area contributed by atoms with Crippen molar-refractivity contribution in [2.45, 2.75) is 6.54 Å². The molecule has 0 N–H and O–H groups in total. The monoisotopic (exact) mass is 315 g/mol. The van der Waals surface area contributed by atoms with Gasteiger partial charge < -0.3 is 4.90 Å². The lowest BCUT2D eigenvalue weighted by Gasteiger charge is -2.34. The zero-order valence-corrected chi connectivity index (χ0v) is 13.0. The third-order valence-corrected chi connectivity index (χ3v) is 4.11. The summed E-state index contributed by atoms with van der Waals surface area (Å²) in [6.45, 7) is 4.12. The van der Waals surface area contributed by atoms with Gasteiger partial charge in [-0.05, 0) is 29.8 Å². The molecule has 0 bridgehead atoms. The van der Waals surface area contributed by atoms with Crippen LogP contribution in [0.4, 0.5) is 0 Å². The van der Waals surface area contributed by atoms with Crippen molar-refractivity contribution in [3.63, 3.8) is 0 Å². The van der Waals surface area contributed by atoms with Gasteiger partial charge in [0.05, 0.1) is 0 Å². The van der Waals surface area contributed by atoms with E-state index in [2.05, 4.69) is 9.88 Å². The highest BCUT2D eigenvalue weighted by Gasteiger charge is 2.22. The molecule has 0 aliphatic carbocycles. The summed E-state index contributed by atoms with van der Waals surface area (Å²) in [5.74, 6) is 0.0201. The molecule has 0 unspecified atom stereocenters. The van der Waals surface area contributed by atoms with Gasteiger partial charge in [-0.3, -0.25) is 14.7 Å². The van der Waals surface area contributed by atoms with Crippen molar-refractivity contribution in [3.05, 3.63) is 64.9 Å². The summed E-state index contributed by atoms with van der Waals surface area (Å²) in [6.07, 6.45) is 1.66. The molecule has 1 amide bonds. The van der Waals surface area contributed by atoms with E-state index < -0.39 is 0 Å². The maximum atomic E-state index is 12.3. The van der Waals surface area contributed by atoms with Crippen LogP contribution in [-0.2, 0) is 6.54 Å². The van der Waals surface area contributed by atoms with Gasteiger partial charge in [0.1, 0.15) is 5.69 Å². The quantitative estimate of drug-likeness (QED) is 0.874. The minimum atomic E-state index is 0.0201. The fourth-order valence-electron chi connectivity index (χ4n) is 2.61. The number of hydrogen-bond acceptors (Lipinski definition) is 3. The number of pyridine rings is 1. The Bertz CT molecular complexity index is 622. The second-order valence-corrected chi connectivity index (χ2v) is 5.85. The lowest BCUT2D eigenvalue weighted by molar-refractivity contribution is 0.0623. The van der Waals surface area contributed by atoms with Crippen molar-refractivity contribution in [1.29, 1.82) is 0 Å². The van der Waals surface area contributed by atoms with Crippen LogP contribution in [0.5, 0.6) is 0 Å². The number of nitrogens with zero attached hydrogens (tertiary/aromatic N) is 3. The molecular weight excluding hydrogens is 298 g/mol. The van der Waals surface area contributed by atoms with Gasteiger partial charge in [0, 0.05) is 43.9 Å². The number of carbonyl (C=O) groups is 1. The Morgan fingerprint density at radius 3 is 2.41 bits per heavy atom. The first-order valence-electron chi connectivity index (χ1n) is 7.39. The number of aromatic nitrogens is 1. The summed E-state index contributed by atoms with van der Waals surface area (Å²) in [6, 6.07) is 13.4. The van der Waals surface area contributed by atoms with Gasteiger partial charge in [-0.2, -0.15) is 0 Å². The fourth-order valence-corrected chi connectivity index (χ4v) is 2.73. The Morgan fingerprint density at radius 2 is 1.77 bits per heavy atom. The maximum Gasteiger partial charge on any atom is 0.272 e. The van der Waals surface area contributed by atoms with E-state index in [1.807, 2.05) is 41.3 Å². The van der Waals surface area contributed by atoms with E-state index in [9.17, 15) is 4.79 Å². The lowest BCUT2D eigenvalue weighted by Crippen LogP contribution is -2.48. The number of hydrogen-bond donors (Lipinski definition) is 0.